The molecule has 2 aromatic rings. The quantitative estimate of drug-likeness (QED) is 0.597. The number of hydrogen-bond acceptors (Lipinski definition) is 3. The number of carbonyl (C=O) groups is 1. The van der Waals surface area contributed by atoms with Gasteiger partial charge < -0.3 is 9.15 Å². The number of ether oxygens (including phenoxy) is 1. The molecule has 0 bridgehead atoms. The molecule has 0 radical (unpaired) electrons. The van der Waals surface area contributed by atoms with E-state index in [4.69, 9.17) is 9.15 Å². The Morgan fingerprint density at radius 2 is 1.88 bits per heavy atom. The molecule has 0 atom stereocenters. The third-order valence-corrected chi connectivity index (χ3v) is 2.51. The van der Waals surface area contributed by atoms with Crippen molar-refractivity contribution in [2.45, 2.75) is 19.8 Å². The van der Waals surface area contributed by atoms with Crippen LogP contribution in [0.2, 0.25) is 0 Å². The first-order chi connectivity index (χ1) is 8.16. The van der Waals surface area contributed by atoms with Gasteiger partial charge in [-0.2, -0.15) is 0 Å². The van der Waals surface area contributed by atoms with Gasteiger partial charge in [0.2, 0.25) is 0 Å². The minimum atomic E-state index is -0.406. The molecule has 0 aliphatic heterocycles. The van der Waals surface area contributed by atoms with Gasteiger partial charge in [0.25, 0.3) is 0 Å². The maximum atomic E-state index is 11.6. The molecule has 0 N–H and O–H groups in total. The molecule has 2 rings (SSSR count). The summed E-state index contributed by atoms with van der Waals surface area (Å²) in [5.41, 5.74) is 1.63. The van der Waals surface area contributed by atoms with Crippen molar-refractivity contribution in [1.29, 1.82) is 0 Å². The van der Waals surface area contributed by atoms with Crippen molar-refractivity contribution < 1.29 is 13.9 Å². The number of rotatable bonds is 3. The van der Waals surface area contributed by atoms with E-state index in [0.29, 0.717) is 17.2 Å². The van der Waals surface area contributed by atoms with Crippen molar-refractivity contribution in [2.75, 3.05) is 0 Å². The molecule has 0 aliphatic carbocycles. The molecular weight excluding hydrogens is 216 g/mol. The van der Waals surface area contributed by atoms with Crippen molar-refractivity contribution in [3.8, 4) is 5.75 Å². The van der Waals surface area contributed by atoms with Crippen LogP contribution in [-0.4, -0.2) is 5.97 Å². The van der Waals surface area contributed by atoms with Gasteiger partial charge in [-0.1, -0.05) is 26.0 Å². The second kappa shape index (κ2) is 4.87. The standard InChI is InChI=1S/C14H14O3/c1-10(2)11-3-5-13(6-4-11)17-14(15)12-7-8-16-9-12/h3-10H,1-2H3. The second-order valence-electron chi connectivity index (χ2n) is 4.13. The normalized spacial score (nSPS) is 10.5. The minimum Gasteiger partial charge on any atom is -0.472 e. The fraction of sp³-hybridized carbons (Fsp3) is 0.214. The van der Waals surface area contributed by atoms with E-state index < -0.39 is 5.97 Å². The van der Waals surface area contributed by atoms with Crippen molar-refractivity contribution in [2.24, 2.45) is 0 Å². The Labute approximate surface area is 100 Å². The molecule has 0 aliphatic rings. The molecule has 0 saturated carbocycles. The zero-order valence-electron chi connectivity index (χ0n) is 9.84. The lowest BCUT2D eigenvalue weighted by Crippen LogP contribution is -2.07. The third-order valence-electron chi connectivity index (χ3n) is 2.51. The zero-order chi connectivity index (χ0) is 12.3. The van der Waals surface area contributed by atoms with E-state index in [1.807, 2.05) is 12.1 Å². The van der Waals surface area contributed by atoms with E-state index in [1.54, 1.807) is 18.2 Å². The van der Waals surface area contributed by atoms with Gasteiger partial charge >= 0.3 is 5.97 Å². The lowest BCUT2D eigenvalue weighted by molar-refractivity contribution is 0.0734. The Morgan fingerprint density at radius 3 is 2.41 bits per heavy atom. The van der Waals surface area contributed by atoms with Crippen LogP contribution in [0.3, 0.4) is 0 Å². The molecule has 0 amide bonds. The molecular formula is C14H14O3. The molecule has 1 heterocycles. The van der Waals surface area contributed by atoms with Gasteiger partial charge in [-0.25, -0.2) is 4.79 Å². The molecule has 3 nitrogen and oxygen atoms in total. The first-order valence-electron chi connectivity index (χ1n) is 5.51. The fourth-order valence-corrected chi connectivity index (χ4v) is 1.47. The molecule has 1 aromatic heterocycles. The number of esters is 1. The van der Waals surface area contributed by atoms with Crippen LogP contribution < -0.4 is 4.74 Å². The van der Waals surface area contributed by atoms with Gasteiger partial charge in [0.05, 0.1) is 11.8 Å². The van der Waals surface area contributed by atoms with Gasteiger partial charge in [0.1, 0.15) is 12.0 Å². The van der Waals surface area contributed by atoms with Gasteiger partial charge in [-0.15, -0.1) is 0 Å². The summed E-state index contributed by atoms with van der Waals surface area (Å²) in [6.45, 7) is 4.24. The van der Waals surface area contributed by atoms with Crippen LogP contribution in [0.4, 0.5) is 0 Å². The lowest BCUT2D eigenvalue weighted by Gasteiger charge is -2.06. The summed E-state index contributed by atoms with van der Waals surface area (Å²) in [7, 11) is 0. The summed E-state index contributed by atoms with van der Waals surface area (Å²) >= 11 is 0. The summed E-state index contributed by atoms with van der Waals surface area (Å²) in [4.78, 5) is 11.6. The topological polar surface area (TPSA) is 39.4 Å². The molecule has 17 heavy (non-hydrogen) atoms. The van der Waals surface area contributed by atoms with Crippen molar-refractivity contribution in [3.63, 3.8) is 0 Å². The zero-order valence-corrected chi connectivity index (χ0v) is 9.84. The fourth-order valence-electron chi connectivity index (χ4n) is 1.47. The highest BCUT2D eigenvalue weighted by atomic mass is 16.5. The first kappa shape index (κ1) is 11.5. The predicted octanol–water partition coefficient (Wildman–Crippen LogP) is 3.62. The van der Waals surface area contributed by atoms with E-state index in [1.165, 1.54) is 18.1 Å². The van der Waals surface area contributed by atoms with Crippen LogP contribution in [0, 0.1) is 0 Å². The Hall–Kier alpha value is -2.03. The molecule has 0 fully saturated rings. The molecule has 0 saturated heterocycles. The lowest BCUT2D eigenvalue weighted by atomic mass is 10.0. The van der Waals surface area contributed by atoms with E-state index in [2.05, 4.69) is 13.8 Å². The first-order valence-corrected chi connectivity index (χ1v) is 5.51. The number of hydrogen-bond donors (Lipinski definition) is 0. The number of furan rings is 1. The Morgan fingerprint density at radius 1 is 1.18 bits per heavy atom. The monoisotopic (exact) mass is 230 g/mol. The van der Waals surface area contributed by atoms with Crippen LogP contribution in [0.1, 0.15) is 35.7 Å². The molecule has 3 heteroatoms. The Bertz CT molecular complexity index is 481. The third kappa shape index (κ3) is 2.75. The van der Waals surface area contributed by atoms with Crippen LogP contribution in [0.5, 0.6) is 5.75 Å². The smallest absolute Gasteiger partial charge is 0.346 e. The van der Waals surface area contributed by atoms with Crippen molar-refractivity contribution >= 4 is 5.97 Å². The Balaban J connectivity index is 2.07. The van der Waals surface area contributed by atoms with Crippen molar-refractivity contribution in [1.82, 2.24) is 0 Å². The van der Waals surface area contributed by atoms with E-state index in [0.717, 1.165) is 0 Å². The maximum absolute atomic E-state index is 11.6. The van der Waals surface area contributed by atoms with Gasteiger partial charge in [0.15, 0.2) is 0 Å². The van der Waals surface area contributed by atoms with Crippen LogP contribution >= 0.6 is 0 Å². The van der Waals surface area contributed by atoms with Crippen LogP contribution in [-0.2, 0) is 0 Å². The summed E-state index contributed by atoms with van der Waals surface area (Å²) < 4.78 is 10.0. The van der Waals surface area contributed by atoms with E-state index >= 15 is 0 Å². The summed E-state index contributed by atoms with van der Waals surface area (Å²) in [5.74, 6) is 0.602. The molecule has 0 spiro atoms. The molecule has 1 aromatic carbocycles. The molecule has 0 unspecified atom stereocenters. The van der Waals surface area contributed by atoms with Gasteiger partial charge in [-0.05, 0) is 29.7 Å². The second-order valence-corrected chi connectivity index (χ2v) is 4.13. The summed E-state index contributed by atoms with van der Waals surface area (Å²) in [5, 5.41) is 0. The highest BCUT2D eigenvalue weighted by Gasteiger charge is 2.09. The van der Waals surface area contributed by atoms with Crippen LogP contribution in [0.25, 0.3) is 0 Å². The van der Waals surface area contributed by atoms with Gasteiger partial charge in [0, 0.05) is 0 Å². The summed E-state index contributed by atoms with van der Waals surface area (Å²) in [6.07, 6.45) is 2.81. The minimum absolute atomic E-state index is 0.406. The largest absolute Gasteiger partial charge is 0.472 e. The number of benzene rings is 1. The molecule has 88 valence electrons. The predicted molar refractivity (Wildman–Crippen MR) is 64.2 cm³/mol. The highest BCUT2D eigenvalue weighted by Crippen LogP contribution is 2.19. The van der Waals surface area contributed by atoms with Crippen molar-refractivity contribution in [3.05, 3.63) is 54.0 Å². The Kier molecular flexibility index (Phi) is 3.28. The van der Waals surface area contributed by atoms with Gasteiger partial charge in [-0.3, -0.25) is 0 Å². The average molecular weight is 230 g/mol. The van der Waals surface area contributed by atoms with E-state index in [-0.39, 0.29) is 0 Å². The maximum Gasteiger partial charge on any atom is 0.346 e. The number of carbonyl (C=O) groups excluding carboxylic acids is 1. The summed E-state index contributed by atoms with van der Waals surface area (Å²) in [6, 6.07) is 9.09. The van der Waals surface area contributed by atoms with E-state index in [9.17, 15) is 4.79 Å². The average Bonchev–Trinajstić information content (AvgIpc) is 2.83. The highest BCUT2D eigenvalue weighted by molar-refractivity contribution is 5.90. The van der Waals surface area contributed by atoms with Crippen LogP contribution in [0.15, 0.2) is 47.3 Å². The SMILES string of the molecule is CC(C)c1ccc(OC(=O)c2ccoc2)cc1.